The summed E-state index contributed by atoms with van der Waals surface area (Å²) < 4.78 is 15.4. The van der Waals surface area contributed by atoms with Gasteiger partial charge in [0.15, 0.2) is 0 Å². The number of rotatable bonds is 6. The SMILES string of the molecule is COc1ccc2c(COC(=O)CNC(=O)c3ccc(C)s3)cc(=O)oc2c1. The van der Waals surface area contributed by atoms with Crippen LogP contribution in [-0.2, 0) is 16.1 Å². The summed E-state index contributed by atoms with van der Waals surface area (Å²) in [5, 5.41) is 3.15. The van der Waals surface area contributed by atoms with Crippen molar-refractivity contribution in [1.29, 1.82) is 0 Å². The number of fused-ring (bicyclic) bond motifs is 1. The van der Waals surface area contributed by atoms with E-state index < -0.39 is 11.6 Å². The number of benzene rings is 1. The molecule has 1 aromatic carbocycles. The first kappa shape index (κ1) is 18.7. The monoisotopic (exact) mass is 387 g/mol. The lowest BCUT2D eigenvalue weighted by molar-refractivity contribution is -0.143. The normalized spacial score (nSPS) is 10.6. The van der Waals surface area contributed by atoms with E-state index in [1.807, 2.05) is 13.0 Å². The number of thiophene rings is 1. The minimum Gasteiger partial charge on any atom is -0.497 e. The summed E-state index contributed by atoms with van der Waals surface area (Å²) in [6.07, 6.45) is 0. The van der Waals surface area contributed by atoms with Crippen LogP contribution in [0.3, 0.4) is 0 Å². The van der Waals surface area contributed by atoms with Crippen molar-refractivity contribution >= 4 is 34.2 Å². The van der Waals surface area contributed by atoms with Crippen LogP contribution in [0.1, 0.15) is 20.1 Å². The number of esters is 1. The molecule has 0 aliphatic carbocycles. The molecule has 0 saturated heterocycles. The van der Waals surface area contributed by atoms with Crippen LogP contribution in [0.5, 0.6) is 5.75 Å². The Morgan fingerprint density at radius 1 is 1.19 bits per heavy atom. The fraction of sp³-hybridized carbons (Fsp3) is 0.211. The summed E-state index contributed by atoms with van der Waals surface area (Å²) in [5.41, 5.74) is 0.301. The second-order valence-electron chi connectivity index (χ2n) is 5.71. The van der Waals surface area contributed by atoms with Gasteiger partial charge in [0.1, 0.15) is 24.5 Å². The van der Waals surface area contributed by atoms with E-state index in [1.165, 1.54) is 24.5 Å². The van der Waals surface area contributed by atoms with Crippen molar-refractivity contribution in [2.75, 3.05) is 13.7 Å². The van der Waals surface area contributed by atoms with Gasteiger partial charge in [-0.25, -0.2) is 4.79 Å². The molecule has 0 atom stereocenters. The van der Waals surface area contributed by atoms with Gasteiger partial charge in [0.25, 0.3) is 5.91 Å². The molecule has 0 fully saturated rings. The fourth-order valence-corrected chi connectivity index (χ4v) is 3.25. The summed E-state index contributed by atoms with van der Waals surface area (Å²) in [6, 6.07) is 9.84. The molecule has 3 rings (SSSR count). The summed E-state index contributed by atoms with van der Waals surface area (Å²) in [4.78, 5) is 37.1. The van der Waals surface area contributed by atoms with Gasteiger partial charge < -0.3 is 19.2 Å². The van der Waals surface area contributed by atoms with Gasteiger partial charge >= 0.3 is 11.6 Å². The summed E-state index contributed by atoms with van der Waals surface area (Å²) >= 11 is 1.34. The van der Waals surface area contributed by atoms with Crippen LogP contribution in [0.2, 0.25) is 0 Å². The molecule has 2 heterocycles. The molecule has 2 aromatic heterocycles. The minimum absolute atomic E-state index is 0.110. The molecule has 0 aliphatic rings. The average Bonchev–Trinajstić information content (AvgIpc) is 3.09. The predicted molar refractivity (Wildman–Crippen MR) is 100 cm³/mol. The lowest BCUT2D eigenvalue weighted by atomic mass is 10.1. The first-order valence-electron chi connectivity index (χ1n) is 8.07. The lowest BCUT2D eigenvalue weighted by Gasteiger charge is -2.08. The summed E-state index contributed by atoms with van der Waals surface area (Å²) in [7, 11) is 1.51. The number of carbonyl (C=O) groups is 2. The standard InChI is InChI=1S/C19H17NO6S/c1-11-3-6-16(27-11)19(23)20-9-18(22)25-10-12-7-17(21)26-15-8-13(24-2)4-5-14(12)15/h3-8H,9-10H2,1-2H3,(H,20,23). The molecule has 0 unspecified atom stereocenters. The highest BCUT2D eigenvalue weighted by molar-refractivity contribution is 7.13. The van der Waals surface area contributed by atoms with Crippen molar-refractivity contribution in [2.45, 2.75) is 13.5 Å². The van der Waals surface area contributed by atoms with Crippen LogP contribution < -0.4 is 15.7 Å². The van der Waals surface area contributed by atoms with Gasteiger partial charge in [-0.3, -0.25) is 9.59 Å². The van der Waals surface area contributed by atoms with Crippen LogP contribution in [-0.4, -0.2) is 25.5 Å². The molecule has 1 N–H and O–H groups in total. The Labute approximate surface area is 158 Å². The molecule has 27 heavy (non-hydrogen) atoms. The number of amides is 1. The molecule has 140 valence electrons. The van der Waals surface area contributed by atoms with E-state index in [9.17, 15) is 14.4 Å². The Balaban J connectivity index is 1.63. The molecular weight excluding hydrogens is 370 g/mol. The van der Waals surface area contributed by atoms with Gasteiger partial charge in [-0.1, -0.05) is 0 Å². The molecule has 8 heteroatoms. The molecular formula is C19H17NO6S. The Hall–Kier alpha value is -3.13. The first-order chi connectivity index (χ1) is 13.0. The maximum atomic E-state index is 11.9. The zero-order valence-electron chi connectivity index (χ0n) is 14.7. The van der Waals surface area contributed by atoms with Crippen LogP contribution in [0.15, 0.2) is 45.6 Å². The predicted octanol–water partition coefficient (Wildman–Crippen LogP) is 2.64. The number of carbonyl (C=O) groups excluding carboxylic acids is 2. The van der Waals surface area contributed by atoms with Gasteiger partial charge in [0.05, 0.1) is 12.0 Å². The second kappa shape index (κ2) is 8.05. The van der Waals surface area contributed by atoms with Crippen LogP contribution in [0.25, 0.3) is 11.0 Å². The number of hydrogen-bond donors (Lipinski definition) is 1. The maximum Gasteiger partial charge on any atom is 0.336 e. The van der Waals surface area contributed by atoms with Crippen molar-refractivity contribution in [1.82, 2.24) is 5.32 Å². The summed E-state index contributed by atoms with van der Waals surface area (Å²) in [5.74, 6) is -0.388. The largest absolute Gasteiger partial charge is 0.497 e. The van der Waals surface area contributed by atoms with Crippen LogP contribution in [0.4, 0.5) is 0 Å². The Bertz CT molecular complexity index is 1050. The van der Waals surface area contributed by atoms with Crippen molar-refractivity contribution in [3.05, 3.63) is 62.1 Å². The van der Waals surface area contributed by atoms with E-state index in [2.05, 4.69) is 5.32 Å². The zero-order chi connectivity index (χ0) is 19.4. The Morgan fingerprint density at radius 2 is 2.00 bits per heavy atom. The number of aryl methyl sites for hydroxylation is 1. The van der Waals surface area contributed by atoms with Crippen molar-refractivity contribution in [3.63, 3.8) is 0 Å². The van der Waals surface area contributed by atoms with Crippen LogP contribution >= 0.6 is 11.3 Å². The zero-order valence-corrected chi connectivity index (χ0v) is 15.6. The first-order valence-corrected chi connectivity index (χ1v) is 8.89. The smallest absolute Gasteiger partial charge is 0.336 e. The number of hydrogen-bond acceptors (Lipinski definition) is 7. The number of ether oxygens (including phenoxy) is 2. The van der Waals surface area contributed by atoms with E-state index in [4.69, 9.17) is 13.9 Å². The molecule has 0 bridgehead atoms. The molecule has 0 radical (unpaired) electrons. The van der Waals surface area contributed by atoms with Gasteiger partial charge in [-0.15, -0.1) is 11.3 Å². The second-order valence-corrected chi connectivity index (χ2v) is 6.99. The van der Waals surface area contributed by atoms with E-state index in [1.54, 1.807) is 24.3 Å². The third-order valence-corrected chi connectivity index (χ3v) is 4.78. The van der Waals surface area contributed by atoms with Gasteiger partial charge in [-0.2, -0.15) is 0 Å². The highest BCUT2D eigenvalue weighted by Gasteiger charge is 2.12. The quantitative estimate of drug-likeness (QED) is 0.516. The van der Waals surface area contributed by atoms with E-state index in [0.717, 1.165) is 4.88 Å². The van der Waals surface area contributed by atoms with Crippen LogP contribution in [0, 0.1) is 6.92 Å². The lowest BCUT2D eigenvalue weighted by Crippen LogP contribution is -2.30. The Kier molecular flexibility index (Phi) is 5.56. The van der Waals surface area contributed by atoms with Gasteiger partial charge in [-0.05, 0) is 31.2 Å². The summed E-state index contributed by atoms with van der Waals surface area (Å²) in [6.45, 7) is 1.52. The average molecular weight is 387 g/mol. The third-order valence-electron chi connectivity index (χ3n) is 3.78. The van der Waals surface area contributed by atoms with Crippen molar-refractivity contribution < 1.29 is 23.5 Å². The highest BCUT2D eigenvalue weighted by atomic mass is 32.1. The topological polar surface area (TPSA) is 94.8 Å². The van der Waals surface area contributed by atoms with Crippen molar-refractivity contribution in [2.24, 2.45) is 0 Å². The van der Waals surface area contributed by atoms with Gasteiger partial charge in [0, 0.05) is 28.0 Å². The third kappa shape index (κ3) is 4.53. The molecule has 0 spiro atoms. The molecule has 0 aliphatic heterocycles. The molecule has 3 aromatic rings. The maximum absolute atomic E-state index is 11.9. The molecule has 0 saturated carbocycles. The molecule has 1 amide bonds. The van der Waals surface area contributed by atoms with E-state index in [0.29, 0.717) is 27.2 Å². The fourth-order valence-electron chi connectivity index (χ4n) is 2.46. The minimum atomic E-state index is -0.605. The number of nitrogens with one attached hydrogen (secondary N) is 1. The Morgan fingerprint density at radius 3 is 2.70 bits per heavy atom. The van der Waals surface area contributed by atoms with E-state index in [-0.39, 0.29) is 19.1 Å². The number of methoxy groups -OCH3 is 1. The van der Waals surface area contributed by atoms with E-state index >= 15 is 0 Å². The van der Waals surface area contributed by atoms with Crippen molar-refractivity contribution in [3.8, 4) is 5.75 Å². The molecule has 7 nitrogen and oxygen atoms in total. The highest BCUT2D eigenvalue weighted by Crippen LogP contribution is 2.23. The van der Waals surface area contributed by atoms with Gasteiger partial charge in [0.2, 0.25) is 0 Å².